The Morgan fingerprint density at radius 1 is 0.783 bits per heavy atom. The molecule has 4 aromatic rings. The van der Waals surface area contributed by atoms with Gasteiger partial charge in [-0.15, -0.1) is 0 Å². The van der Waals surface area contributed by atoms with Crippen molar-refractivity contribution >= 4 is 53.2 Å². The van der Waals surface area contributed by atoms with Crippen LogP contribution in [-0.4, -0.2) is 132 Å². The third-order valence-electron chi connectivity index (χ3n) is 12.2. The standard InChI is InChI=1S/C46H51BN6O7/c1-2-39(32-6-4-3-5-7-32)43(33-8-12-36(13-9-33)47(58)59)34-10-15-38(16-11-34)60-29-28-49-20-22-51(23-21-49)46(57)52-26-24-50(25-27-52)37-14-17-40-35(30-37)31-53(45(40)56)41-18-19-42(54)48-44(41)55/h3-17,30,41,58-59H,2,18-29,31H2,1H3,(H,48,54,55)/b43-39-/t41-/m0/s1. The molecule has 0 bridgehead atoms. The molecule has 0 aliphatic carbocycles. The second-order valence-corrected chi connectivity index (χ2v) is 15.8. The maximum Gasteiger partial charge on any atom is 0.488 e. The van der Waals surface area contributed by atoms with E-state index in [-0.39, 0.29) is 24.3 Å². The van der Waals surface area contributed by atoms with Crippen LogP contribution in [-0.2, 0) is 16.1 Å². The van der Waals surface area contributed by atoms with Gasteiger partial charge in [-0.25, -0.2) is 4.79 Å². The van der Waals surface area contributed by atoms with Gasteiger partial charge >= 0.3 is 13.1 Å². The summed E-state index contributed by atoms with van der Waals surface area (Å²) in [5, 5.41) is 21.7. The number of allylic oxidation sites excluding steroid dienone is 1. The van der Waals surface area contributed by atoms with Crippen molar-refractivity contribution in [3.8, 4) is 5.75 Å². The largest absolute Gasteiger partial charge is 0.492 e. The zero-order valence-electron chi connectivity index (χ0n) is 34.0. The monoisotopic (exact) mass is 810 g/mol. The number of benzene rings is 4. The van der Waals surface area contributed by atoms with E-state index < -0.39 is 19.1 Å². The third-order valence-corrected chi connectivity index (χ3v) is 12.2. The van der Waals surface area contributed by atoms with Gasteiger partial charge < -0.3 is 34.4 Å². The van der Waals surface area contributed by atoms with E-state index in [1.54, 1.807) is 17.0 Å². The van der Waals surface area contributed by atoms with Crippen molar-refractivity contribution in [1.82, 2.24) is 24.9 Å². The SMILES string of the molecule is CC/C(=C(/c1ccc(OCCN2CCN(C(=O)N3CCN(c4ccc5c(c4)CN([C@H]4CCC(=O)NC4=O)C5=O)CC3)CC2)cc1)c1ccc(B(O)O)cc1)c1ccccc1. The number of amides is 5. The van der Waals surface area contributed by atoms with Gasteiger partial charge in [-0.2, -0.15) is 0 Å². The van der Waals surface area contributed by atoms with Gasteiger partial charge in [0.2, 0.25) is 11.8 Å². The molecule has 60 heavy (non-hydrogen) atoms. The number of carbonyl (C=O) groups excluding carboxylic acids is 4. The fourth-order valence-electron chi connectivity index (χ4n) is 8.79. The minimum atomic E-state index is -1.52. The van der Waals surface area contributed by atoms with Crippen molar-refractivity contribution in [2.24, 2.45) is 0 Å². The summed E-state index contributed by atoms with van der Waals surface area (Å²) < 4.78 is 6.20. The molecule has 0 unspecified atom stereocenters. The van der Waals surface area contributed by atoms with E-state index in [9.17, 15) is 29.2 Å². The van der Waals surface area contributed by atoms with Gasteiger partial charge in [0, 0.05) is 83.1 Å². The lowest BCUT2D eigenvalue weighted by Gasteiger charge is -2.41. The number of rotatable bonds is 11. The smallest absolute Gasteiger partial charge is 0.488 e. The van der Waals surface area contributed by atoms with Crippen LogP contribution in [0.15, 0.2) is 97.1 Å². The van der Waals surface area contributed by atoms with E-state index in [1.165, 1.54) is 5.57 Å². The number of fused-ring (bicyclic) bond motifs is 1. The van der Waals surface area contributed by atoms with Crippen LogP contribution in [0.1, 0.15) is 58.8 Å². The Kier molecular flexibility index (Phi) is 12.3. The summed E-state index contributed by atoms with van der Waals surface area (Å²) in [6.45, 7) is 9.20. The maximum atomic E-state index is 13.5. The lowest BCUT2D eigenvalue weighted by molar-refractivity contribution is -0.136. The van der Waals surface area contributed by atoms with Crippen molar-refractivity contribution in [3.05, 3.63) is 125 Å². The van der Waals surface area contributed by atoms with Crippen molar-refractivity contribution < 1.29 is 34.0 Å². The van der Waals surface area contributed by atoms with Crippen molar-refractivity contribution in [3.63, 3.8) is 0 Å². The molecule has 0 aromatic heterocycles. The number of imide groups is 1. The number of piperidine rings is 1. The highest BCUT2D eigenvalue weighted by molar-refractivity contribution is 6.58. The van der Waals surface area contributed by atoms with Crippen LogP contribution < -0.4 is 20.4 Å². The highest BCUT2D eigenvalue weighted by Crippen LogP contribution is 2.35. The summed E-state index contributed by atoms with van der Waals surface area (Å²) in [6.07, 6.45) is 1.37. The van der Waals surface area contributed by atoms with E-state index in [1.807, 2.05) is 70.5 Å². The van der Waals surface area contributed by atoms with Crippen LogP contribution in [0.25, 0.3) is 11.1 Å². The molecule has 8 rings (SSSR count). The van der Waals surface area contributed by atoms with Crippen LogP contribution >= 0.6 is 0 Å². The molecule has 3 saturated heterocycles. The highest BCUT2D eigenvalue weighted by atomic mass is 16.5. The van der Waals surface area contributed by atoms with E-state index in [2.05, 4.69) is 46.3 Å². The van der Waals surface area contributed by atoms with Gasteiger partial charge in [0.05, 0.1) is 0 Å². The van der Waals surface area contributed by atoms with Gasteiger partial charge in [0.1, 0.15) is 18.4 Å². The molecule has 3 N–H and O–H groups in total. The van der Waals surface area contributed by atoms with Gasteiger partial charge in [-0.1, -0.05) is 73.7 Å². The number of nitrogens with zero attached hydrogens (tertiary/aromatic N) is 5. The Morgan fingerprint density at radius 2 is 1.43 bits per heavy atom. The summed E-state index contributed by atoms with van der Waals surface area (Å²) in [6, 6.07) is 31.1. The summed E-state index contributed by atoms with van der Waals surface area (Å²) >= 11 is 0. The van der Waals surface area contributed by atoms with Crippen LogP contribution in [0.2, 0.25) is 0 Å². The van der Waals surface area contributed by atoms with E-state index in [0.717, 1.165) is 65.3 Å². The molecule has 4 aromatic carbocycles. The number of hydrogen-bond acceptors (Lipinski definition) is 9. The normalized spacial score (nSPS) is 18.9. The quantitative estimate of drug-likeness (QED) is 0.118. The minimum absolute atomic E-state index is 0.0684. The van der Waals surface area contributed by atoms with Crippen LogP contribution in [0, 0.1) is 0 Å². The van der Waals surface area contributed by atoms with Gasteiger partial charge in [0.25, 0.3) is 5.91 Å². The number of carbonyl (C=O) groups is 4. The zero-order chi connectivity index (χ0) is 41.8. The summed E-state index contributed by atoms with van der Waals surface area (Å²) in [5.74, 6) is -0.113. The fraction of sp³-hybridized carbons (Fsp3) is 0.348. The van der Waals surface area contributed by atoms with Crippen LogP contribution in [0.3, 0.4) is 0 Å². The number of piperazine rings is 2. The Balaban J connectivity index is 0.801. The first-order valence-corrected chi connectivity index (χ1v) is 20.9. The summed E-state index contributed by atoms with van der Waals surface area (Å²) in [4.78, 5) is 60.8. The molecule has 0 saturated carbocycles. The predicted molar refractivity (Wildman–Crippen MR) is 231 cm³/mol. The number of anilines is 1. The molecule has 1 atom stereocenters. The van der Waals surface area contributed by atoms with Gasteiger partial charge in [0.15, 0.2) is 0 Å². The Morgan fingerprint density at radius 3 is 2.07 bits per heavy atom. The van der Waals surface area contributed by atoms with Gasteiger partial charge in [-0.3, -0.25) is 24.6 Å². The molecule has 4 aliphatic heterocycles. The summed E-state index contributed by atoms with van der Waals surface area (Å²) in [5.41, 5.74) is 8.36. The molecule has 14 heteroatoms. The Hall–Kier alpha value is -5.96. The first kappa shape index (κ1) is 40.8. The highest BCUT2D eigenvalue weighted by Gasteiger charge is 2.39. The molecule has 4 aliphatic rings. The molecule has 310 valence electrons. The first-order chi connectivity index (χ1) is 29.2. The molecule has 3 fully saturated rings. The topological polar surface area (TPSA) is 146 Å². The average molecular weight is 811 g/mol. The summed E-state index contributed by atoms with van der Waals surface area (Å²) in [7, 11) is -1.52. The Bertz CT molecular complexity index is 2240. The molecular formula is C46H51BN6O7. The number of nitrogens with one attached hydrogen (secondary N) is 1. The van der Waals surface area contributed by atoms with E-state index in [0.29, 0.717) is 69.9 Å². The second kappa shape index (κ2) is 18.1. The predicted octanol–water partition coefficient (Wildman–Crippen LogP) is 3.44. The molecule has 4 heterocycles. The third kappa shape index (κ3) is 8.81. The number of urea groups is 1. The lowest BCUT2D eigenvalue weighted by atomic mass is 9.79. The lowest BCUT2D eigenvalue weighted by Crippen LogP contribution is -2.57. The molecular weight excluding hydrogens is 759 g/mol. The van der Waals surface area contributed by atoms with Gasteiger partial charge in [-0.05, 0) is 82.0 Å². The molecule has 13 nitrogen and oxygen atoms in total. The van der Waals surface area contributed by atoms with E-state index in [4.69, 9.17) is 4.74 Å². The van der Waals surface area contributed by atoms with Crippen molar-refractivity contribution in [2.45, 2.75) is 38.8 Å². The second-order valence-electron chi connectivity index (χ2n) is 15.8. The maximum absolute atomic E-state index is 13.5. The van der Waals surface area contributed by atoms with E-state index >= 15 is 0 Å². The molecule has 5 amide bonds. The number of hydrogen-bond donors (Lipinski definition) is 3. The molecule has 0 radical (unpaired) electrons. The van der Waals surface area contributed by atoms with Crippen molar-refractivity contribution in [2.75, 3.05) is 70.4 Å². The average Bonchev–Trinajstić information content (AvgIpc) is 3.60. The first-order valence-electron chi connectivity index (χ1n) is 20.9. The van der Waals surface area contributed by atoms with Crippen LogP contribution in [0.4, 0.5) is 10.5 Å². The Labute approximate surface area is 351 Å². The molecule has 0 spiro atoms. The number of ether oxygens (including phenoxy) is 1. The fourth-order valence-corrected chi connectivity index (χ4v) is 8.79. The minimum Gasteiger partial charge on any atom is -0.492 e. The van der Waals surface area contributed by atoms with Crippen molar-refractivity contribution in [1.29, 1.82) is 0 Å². The van der Waals surface area contributed by atoms with Crippen LogP contribution in [0.5, 0.6) is 5.75 Å². The zero-order valence-corrected chi connectivity index (χ0v) is 34.0.